The number of benzene rings is 1. The minimum Gasteiger partial charge on any atom is -0.493 e. The number of rotatable bonds is 4. The van der Waals surface area contributed by atoms with Gasteiger partial charge in [0.25, 0.3) is 0 Å². The van der Waals surface area contributed by atoms with Crippen molar-refractivity contribution in [1.82, 2.24) is 0 Å². The minimum absolute atomic E-state index is 0.115. The predicted molar refractivity (Wildman–Crippen MR) is 84.5 cm³/mol. The topological polar surface area (TPSA) is 73.9 Å². The van der Waals surface area contributed by atoms with Gasteiger partial charge in [-0.3, -0.25) is 4.79 Å². The molecular formula is C15H15Cl2NO5. The van der Waals surface area contributed by atoms with E-state index in [1.807, 2.05) is 0 Å². The zero-order chi connectivity index (χ0) is 17.0. The maximum atomic E-state index is 12.6. The van der Waals surface area contributed by atoms with Crippen molar-refractivity contribution < 1.29 is 23.8 Å². The number of amides is 1. The number of nitrogens with one attached hydrogen (secondary N) is 1. The highest BCUT2D eigenvalue weighted by molar-refractivity contribution is 6.53. The number of fused-ring (bicyclic) bond motifs is 1. The van der Waals surface area contributed by atoms with Gasteiger partial charge < -0.3 is 19.5 Å². The van der Waals surface area contributed by atoms with Crippen LogP contribution in [-0.2, 0) is 16.1 Å². The summed E-state index contributed by atoms with van der Waals surface area (Å²) in [6.07, 6.45) is 0.327. The molecule has 1 heterocycles. The molecule has 0 bridgehead atoms. The number of ether oxygens (including phenoxy) is 3. The standard InChI is InChI=1S/C15H15Cl2NO5/c1-14(6-15(14,16)17)13(20)18-10-9-7(5-23-12(9)19)4-8(21-2)11(10)22-3/h4H,5-6H2,1-3H3,(H,18,20). The van der Waals surface area contributed by atoms with Gasteiger partial charge in [0.2, 0.25) is 5.91 Å². The first-order valence-electron chi connectivity index (χ1n) is 6.89. The highest BCUT2D eigenvalue weighted by atomic mass is 35.5. The number of methoxy groups -OCH3 is 2. The van der Waals surface area contributed by atoms with E-state index in [-0.39, 0.29) is 23.6 Å². The van der Waals surface area contributed by atoms with Crippen molar-refractivity contribution in [2.75, 3.05) is 19.5 Å². The molecule has 6 nitrogen and oxygen atoms in total. The smallest absolute Gasteiger partial charge is 0.341 e. The van der Waals surface area contributed by atoms with Crippen LogP contribution < -0.4 is 14.8 Å². The van der Waals surface area contributed by atoms with Crippen LogP contribution in [-0.4, -0.2) is 30.4 Å². The van der Waals surface area contributed by atoms with Gasteiger partial charge in [-0.15, -0.1) is 23.2 Å². The summed E-state index contributed by atoms with van der Waals surface area (Å²) in [5.74, 6) is -0.280. The van der Waals surface area contributed by atoms with Crippen LogP contribution in [0.5, 0.6) is 11.5 Å². The second-order valence-corrected chi connectivity index (χ2v) is 7.25. The number of anilines is 1. The minimum atomic E-state index is -1.12. The SMILES string of the molecule is COc1cc2c(c(NC(=O)C3(C)CC3(Cl)Cl)c1OC)C(=O)OC2. The summed E-state index contributed by atoms with van der Waals surface area (Å²) in [5.41, 5.74) is 0.160. The Balaban J connectivity index is 2.06. The fourth-order valence-electron chi connectivity index (χ4n) is 2.63. The zero-order valence-corrected chi connectivity index (χ0v) is 14.3. The maximum absolute atomic E-state index is 12.6. The van der Waals surface area contributed by atoms with E-state index in [1.54, 1.807) is 13.0 Å². The molecule has 1 unspecified atom stereocenters. The number of carbonyl (C=O) groups excluding carboxylic acids is 2. The average molecular weight is 360 g/mol. The van der Waals surface area contributed by atoms with Gasteiger partial charge in [0.05, 0.1) is 25.2 Å². The highest BCUT2D eigenvalue weighted by Crippen LogP contribution is 2.64. The molecule has 1 amide bonds. The third-order valence-electron chi connectivity index (χ3n) is 4.31. The Morgan fingerprint density at radius 2 is 2.00 bits per heavy atom. The van der Waals surface area contributed by atoms with Gasteiger partial charge in [0, 0.05) is 5.56 Å². The molecule has 1 aromatic carbocycles. The van der Waals surface area contributed by atoms with Crippen molar-refractivity contribution >= 4 is 40.8 Å². The van der Waals surface area contributed by atoms with Gasteiger partial charge in [-0.25, -0.2) is 4.79 Å². The molecule has 0 spiro atoms. The molecule has 1 aliphatic heterocycles. The summed E-state index contributed by atoms with van der Waals surface area (Å²) in [7, 11) is 2.89. The molecule has 8 heteroatoms. The van der Waals surface area contributed by atoms with E-state index in [9.17, 15) is 9.59 Å². The lowest BCUT2D eigenvalue weighted by Gasteiger charge is -2.18. The van der Waals surface area contributed by atoms with E-state index in [4.69, 9.17) is 37.4 Å². The molecule has 0 aromatic heterocycles. The number of esters is 1. The van der Waals surface area contributed by atoms with Crippen molar-refractivity contribution in [3.05, 3.63) is 17.2 Å². The van der Waals surface area contributed by atoms with Crippen LogP contribution in [0.2, 0.25) is 0 Å². The Labute approximate surface area is 143 Å². The van der Waals surface area contributed by atoms with Crippen LogP contribution in [0, 0.1) is 5.41 Å². The van der Waals surface area contributed by atoms with Crippen molar-refractivity contribution in [3.63, 3.8) is 0 Å². The van der Waals surface area contributed by atoms with E-state index in [0.29, 0.717) is 17.7 Å². The average Bonchev–Trinajstić information content (AvgIpc) is 2.83. The van der Waals surface area contributed by atoms with Crippen molar-refractivity contribution in [2.45, 2.75) is 24.3 Å². The molecule has 23 heavy (non-hydrogen) atoms. The molecule has 1 fully saturated rings. The highest BCUT2D eigenvalue weighted by Gasteiger charge is 2.68. The van der Waals surface area contributed by atoms with Gasteiger partial charge in [0.15, 0.2) is 11.5 Å². The van der Waals surface area contributed by atoms with Crippen molar-refractivity contribution in [1.29, 1.82) is 0 Å². The number of carbonyl (C=O) groups is 2. The van der Waals surface area contributed by atoms with Crippen molar-refractivity contribution in [2.24, 2.45) is 5.41 Å². The fraction of sp³-hybridized carbons (Fsp3) is 0.467. The monoisotopic (exact) mass is 359 g/mol. The molecule has 1 aromatic rings. The molecule has 2 aliphatic rings. The predicted octanol–water partition coefficient (Wildman–Crippen LogP) is 2.90. The quantitative estimate of drug-likeness (QED) is 0.660. The molecular weight excluding hydrogens is 345 g/mol. The van der Waals surface area contributed by atoms with Gasteiger partial charge in [0.1, 0.15) is 16.6 Å². The van der Waals surface area contributed by atoms with E-state index >= 15 is 0 Å². The number of alkyl halides is 2. The number of halogens is 2. The molecule has 124 valence electrons. The largest absolute Gasteiger partial charge is 0.493 e. The first kappa shape index (κ1) is 16.2. The summed E-state index contributed by atoms with van der Waals surface area (Å²) in [4.78, 5) is 24.6. The fourth-order valence-corrected chi connectivity index (χ4v) is 3.33. The van der Waals surface area contributed by atoms with Crippen LogP contribution in [0.3, 0.4) is 0 Å². The van der Waals surface area contributed by atoms with Gasteiger partial charge in [-0.1, -0.05) is 0 Å². The van der Waals surface area contributed by atoms with Gasteiger partial charge in [-0.2, -0.15) is 0 Å². The summed E-state index contributed by atoms with van der Waals surface area (Å²) in [6.45, 7) is 1.77. The molecule has 0 radical (unpaired) electrons. The molecule has 1 saturated carbocycles. The molecule has 3 rings (SSSR count). The maximum Gasteiger partial charge on any atom is 0.341 e. The van der Waals surface area contributed by atoms with Crippen LogP contribution >= 0.6 is 23.2 Å². The Bertz CT molecular complexity index is 718. The van der Waals surface area contributed by atoms with Gasteiger partial charge >= 0.3 is 5.97 Å². The summed E-state index contributed by atoms with van der Waals surface area (Å²) in [6, 6.07) is 1.65. The summed E-state index contributed by atoms with van der Waals surface area (Å²) in [5, 5.41) is 2.71. The summed E-state index contributed by atoms with van der Waals surface area (Å²) >= 11 is 12.1. The van der Waals surface area contributed by atoms with Crippen LogP contribution in [0.1, 0.15) is 29.3 Å². The Hall–Kier alpha value is -1.66. The second-order valence-electron chi connectivity index (χ2n) is 5.76. The Morgan fingerprint density at radius 1 is 1.35 bits per heavy atom. The third-order valence-corrected chi connectivity index (χ3v) is 5.41. The number of cyclic esters (lactones) is 1. The number of hydrogen-bond acceptors (Lipinski definition) is 5. The zero-order valence-electron chi connectivity index (χ0n) is 12.8. The van der Waals surface area contributed by atoms with E-state index < -0.39 is 21.6 Å². The lowest BCUT2D eigenvalue weighted by atomic mass is 10.0. The molecule has 1 aliphatic carbocycles. The third kappa shape index (κ3) is 2.32. The summed E-state index contributed by atoms with van der Waals surface area (Å²) < 4.78 is 14.5. The lowest BCUT2D eigenvalue weighted by molar-refractivity contribution is -0.120. The van der Waals surface area contributed by atoms with Crippen LogP contribution in [0.15, 0.2) is 6.07 Å². The van der Waals surface area contributed by atoms with Crippen molar-refractivity contribution in [3.8, 4) is 11.5 Å². The normalized spacial score (nSPS) is 23.8. The Morgan fingerprint density at radius 3 is 2.52 bits per heavy atom. The first-order chi connectivity index (χ1) is 10.7. The van der Waals surface area contributed by atoms with Gasteiger partial charge in [-0.05, 0) is 19.4 Å². The van der Waals surface area contributed by atoms with E-state index in [2.05, 4.69) is 5.32 Å². The number of hydrogen-bond donors (Lipinski definition) is 1. The first-order valence-corrected chi connectivity index (χ1v) is 7.65. The lowest BCUT2D eigenvalue weighted by Crippen LogP contribution is -2.27. The van der Waals surface area contributed by atoms with Crippen LogP contribution in [0.4, 0.5) is 5.69 Å². The molecule has 1 N–H and O–H groups in total. The second kappa shape index (κ2) is 5.18. The molecule has 0 saturated heterocycles. The van der Waals surface area contributed by atoms with Crippen LogP contribution in [0.25, 0.3) is 0 Å². The van der Waals surface area contributed by atoms with E-state index in [0.717, 1.165) is 0 Å². The molecule has 1 atom stereocenters. The van der Waals surface area contributed by atoms with E-state index in [1.165, 1.54) is 14.2 Å². The Kier molecular flexibility index (Phi) is 3.65.